The fourth-order valence-electron chi connectivity index (χ4n) is 1.66. The van der Waals surface area contributed by atoms with Gasteiger partial charge in [-0.2, -0.15) is 0 Å². The number of nitrogens with one attached hydrogen (secondary N) is 1. The first-order valence-corrected chi connectivity index (χ1v) is 6.39. The molecule has 2 aromatic rings. The first-order chi connectivity index (χ1) is 10.2. The highest BCUT2D eigenvalue weighted by molar-refractivity contribution is 5.94. The highest BCUT2D eigenvalue weighted by Crippen LogP contribution is 2.03. The normalized spacial score (nSPS) is 11.5. The fraction of sp³-hybridized carbons (Fsp3) is 0.125. The Balaban J connectivity index is 1.81. The minimum absolute atomic E-state index is 0.332. The number of hydrogen-bond donors (Lipinski definition) is 1. The Morgan fingerprint density at radius 2 is 1.48 bits per heavy atom. The summed E-state index contributed by atoms with van der Waals surface area (Å²) in [4.78, 5) is 23.3. The van der Waals surface area contributed by atoms with E-state index < -0.39 is 24.8 Å². The van der Waals surface area contributed by atoms with Gasteiger partial charge in [-0.1, -0.05) is 36.4 Å². The van der Waals surface area contributed by atoms with Gasteiger partial charge in [0.2, 0.25) is 6.30 Å². The molecule has 0 heterocycles. The lowest BCUT2D eigenvalue weighted by atomic mass is 10.2. The van der Waals surface area contributed by atoms with Gasteiger partial charge in [0.15, 0.2) is 0 Å². The minimum atomic E-state index is -1.76. The van der Waals surface area contributed by atoms with E-state index in [2.05, 4.69) is 5.32 Å². The van der Waals surface area contributed by atoms with Crippen LogP contribution in [-0.2, 0) is 4.74 Å². The molecule has 0 saturated heterocycles. The van der Waals surface area contributed by atoms with Crippen molar-refractivity contribution in [1.82, 2.24) is 5.32 Å². The van der Waals surface area contributed by atoms with Gasteiger partial charge in [-0.15, -0.1) is 0 Å². The van der Waals surface area contributed by atoms with E-state index in [0.29, 0.717) is 11.1 Å². The molecule has 108 valence electrons. The molecule has 0 aliphatic heterocycles. The van der Waals surface area contributed by atoms with Crippen molar-refractivity contribution < 1.29 is 18.7 Å². The largest absolute Gasteiger partial charge is 0.457 e. The Morgan fingerprint density at radius 3 is 2.05 bits per heavy atom. The van der Waals surface area contributed by atoms with Crippen LogP contribution in [0.1, 0.15) is 20.7 Å². The van der Waals surface area contributed by atoms with Gasteiger partial charge >= 0.3 is 5.97 Å². The molecule has 5 heteroatoms. The molecule has 1 amide bonds. The van der Waals surface area contributed by atoms with E-state index >= 15 is 0 Å². The van der Waals surface area contributed by atoms with Crippen molar-refractivity contribution in [3.63, 3.8) is 0 Å². The maximum absolute atomic E-state index is 13.6. The zero-order chi connectivity index (χ0) is 15.1. The van der Waals surface area contributed by atoms with Gasteiger partial charge in [-0.3, -0.25) is 4.79 Å². The van der Waals surface area contributed by atoms with Crippen LogP contribution in [0, 0.1) is 0 Å². The molecule has 0 saturated carbocycles. The van der Waals surface area contributed by atoms with E-state index in [1.807, 2.05) is 0 Å². The summed E-state index contributed by atoms with van der Waals surface area (Å²) < 4.78 is 18.4. The second-order valence-electron chi connectivity index (χ2n) is 4.27. The summed E-state index contributed by atoms with van der Waals surface area (Å²) in [7, 11) is 0. The number of alkyl halides is 1. The second-order valence-corrected chi connectivity index (χ2v) is 4.27. The number of hydrogen-bond acceptors (Lipinski definition) is 3. The molecule has 0 aliphatic rings. The number of carbonyl (C=O) groups is 2. The third kappa shape index (κ3) is 4.42. The van der Waals surface area contributed by atoms with Crippen LogP contribution < -0.4 is 5.32 Å². The SMILES string of the molecule is O=C(NC(F)COC(=O)c1ccccc1)c1ccccc1. The number of carbonyl (C=O) groups excluding carboxylic acids is 2. The monoisotopic (exact) mass is 287 g/mol. The summed E-state index contributed by atoms with van der Waals surface area (Å²) >= 11 is 0. The predicted octanol–water partition coefficient (Wildman–Crippen LogP) is 2.57. The number of benzene rings is 2. The molecule has 0 radical (unpaired) electrons. The average molecular weight is 287 g/mol. The highest BCUT2D eigenvalue weighted by atomic mass is 19.1. The van der Waals surface area contributed by atoms with Gasteiger partial charge in [-0.05, 0) is 24.3 Å². The lowest BCUT2D eigenvalue weighted by Gasteiger charge is -2.11. The number of rotatable bonds is 5. The molecule has 0 fully saturated rings. The predicted molar refractivity (Wildman–Crippen MR) is 75.5 cm³/mol. The molecular weight excluding hydrogens is 273 g/mol. The zero-order valence-electron chi connectivity index (χ0n) is 11.2. The van der Waals surface area contributed by atoms with Gasteiger partial charge in [0.1, 0.15) is 6.61 Å². The van der Waals surface area contributed by atoms with Crippen LogP contribution in [0.4, 0.5) is 4.39 Å². The third-order valence-corrected chi connectivity index (χ3v) is 2.69. The van der Waals surface area contributed by atoms with Crippen LogP contribution >= 0.6 is 0 Å². The van der Waals surface area contributed by atoms with Gasteiger partial charge in [0.25, 0.3) is 5.91 Å². The molecule has 1 N–H and O–H groups in total. The third-order valence-electron chi connectivity index (χ3n) is 2.69. The first-order valence-electron chi connectivity index (χ1n) is 6.39. The fourth-order valence-corrected chi connectivity index (χ4v) is 1.66. The minimum Gasteiger partial charge on any atom is -0.457 e. The smallest absolute Gasteiger partial charge is 0.338 e. The molecule has 1 unspecified atom stereocenters. The van der Waals surface area contributed by atoms with Gasteiger partial charge in [0.05, 0.1) is 5.56 Å². The standard InChI is InChI=1S/C16H14FNO3/c17-14(18-15(19)12-7-3-1-4-8-12)11-21-16(20)13-9-5-2-6-10-13/h1-10,14H,11H2,(H,18,19). The topological polar surface area (TPSA) is 55.4 Å². The van der Waals surface area contributed by atoms with Crippen LogP contribution in [0.15, 0.2) is 60.7 Å². The number of ether oxygens (including phenoxy) is 1. The lowest BCUT2D eigenvalue weighted by Crippen LogP contribution is -2.35. The second kappa shape index (κ2) is 7.19. The van der Waals surface area contributed by atoms with E-state index in [0.717, 1.165) is 0 Å². The van der Waals surface area contributed by atoms with Crippen molar-refractivity contribution >= 4 is 11.9 Å². The van der Waals surface area contributed by atoms with Crippen LogP contribution in [-0.4, -0.2) is 24.8 Å². The van der Waals surface area contributed by atoms with E-state index in [9.17, 15) is 14.0 Å². The van der Waals surface area contributed by atoms with Crippen LogP contribution in [0.3, 0.4) is 0 Å². The van der Waals surface area contributed by atoms with Crippen LogP contribution in [0.2, 0.25) is 0 Å². The molecule has 0 aromatic heterocycles. The maximum Gasteiger partial charge on any atom is 0.338 e. The molecule has 0 spiro atoms. The van der Waals surface area contributed by atoms with Crippen LogP contribution in [0.5, 0.6) is 0 Å². The van der Waals surface area contributed by atoms with E-state index in [4.69, 9.17) is 4.74 Å². The molecular formula is C16H14FNO3. The van der Waals surface area contributed by atoms with Crippen molar-refractivity contribution in [2.24, 2.45) is 0 Å². The average Bonchev–Trinajstić information content (AvgIpc) is 2.54. The van der Waals surface area contributed by atoms with Crippen molar-refractivity contribution in [2.75, 3.05) is 6.61 Å². The number of esters is 1. The Labute approximate surface area is 121 Å². The number of amides is 1. The van der Waals surface area contributed by atoms with E-state index in [1.165, 1.54) is 0 Å². The van der Waals surface area contributed by atoms with Gasteiger partial charge in [0, 0.05) is 5.56 Å². The summed E-state index contributed by atoms with van der Waals surface area (Å²) in [6.45, 7) is -0.535. The Kier molecular flexibility index (Phi) is 5.04. The molecule has 2 rings (SSSR count). The summed E-state index contributed by atoms with van der Waals surface area (Å²) in [5.74, 6) is -1.19. The van der Waals surface area contributed by atoms with Gasteiger partial charge in [-0.25, -0.2) is 9.18 Å². The molecule has 0 aliphatic carbocycles. The molecule has 21 heavy (non-hydrogen) atoms. The zero-order valence-corrected chi connectivity index (χ0v) is 11.2. The Hall–Kier alpha value is -2.69. The van der Waals surface area contributed by atoms with Crippen molar-refractivity contribution in [2.45, 2.75) is 6.30 Å². The summed E-state index contributed by atoms with van der Waals surface area (Å²) in [5, 5.41) is 2.12. The molecule has 1 atom stereocenters. The summed E-state index contributed by atoms with van der Waals surface area (Å²) in [5.41, 5.74) is 0.675. The molecule has 0 bridgehead atoms. The van der Waals surface area contributed by atoms with E-state index in [-0.39, 0.29) is 0 Å². The first kappa shape index (κ1) is 14.7. The molecule has 4 nitrogen and oxygen atoms in total. The van der Waals surface area contributed by atoms with Crippen molar-refractivity contribution in [1.29, 1.82) is 0 Å². The van der Waals surface area contributed by atoms with Crippen molar-refractivity contribution in [3.8, 4) is 0 Å². The number of halogens is 1. The lowest BCUT2D eigenvalue weighted by molar-refractivity contribution is 0.0351. The molecule has 2 aromatic carbocycles. The summed E-state index contributed by atoms with van der Waals surface area (Å²) in [6, 6.07) is 16.5. The van der Waals surface area contributed by atoms with E-state index in [1.54, 1.807) is 60.7 Å². The highest BCUT2D eigenvalue weighted by Gasteiger charge is 2.15. The summed E-state index contributed by atoms with van der Waals surface area (Å²) in [6.07, 6.45) is -1.76. The maximum atomic E-state index is 13.6. The Bertz CT molecular complexity index is 601. The van der Waals surface area contributed by atoms with Crippen LogP contribution in [0.25, 0.3) is 0 Å². The Morgan fingerprint density at radius 1 is 0.952 bits per heavy atom. The quantitative estimate of drug-likeness (QED) is 0.679. The van der Waals surface area contributed by atoms with Gasteiger partial charge < -0.3 is 10.1 Å². The van der Waals surface area contributed by atoms with Crippen molar-refractivity contribution in [3.05, 3.63) is 71.8 Å².